The molecule has 0 spiro atoms. The summed E-state index contributed by atoms with van der Waals surface area (Å²) in [5.41, 5.74) is 0.312. The highest BCUT2D eigenvalue weighted by Crippen LogP contribution is 2.29. The summed E-state index contributed by atoms with van der Waals surface area (Å²) in [6.45, 7) is 3.91. The van der Waals surface area contributed by atoms with Crippen LogP contribution in [0.1, 0.15) is 13.8 Å². The summed E-state index contributed by atoms with van der Waals surface area (Å²) < 4.78 is 32.2. The fraction of sp³-hybridized carbons (Fsp3) is 0.278. The lowest BCUT2D eigenvalue weighted by Crippen LogP contribution is -2.27. The van der Waals surface area contributed by atoms with Crippen LogP contribution in [0.5, 0.6) is 5.75 Å². The molecule has 0 saturated carbocycles. The Bertz CT molecular complexity index is 880. The Kier molecular flexibility index (Phi) is 7.49. The lowest BCUT2D eigenvalue weighted by Gasteiger charge is -2.11. The largest absolute Gasteiger partial charge is 0.484 e. The predicted octanol–water partition coefficient (Wildman–Crippen LogP) is 3.95. The predicted molar refractivity (Wildman–Crippen MR) is 107 cm³/mol. The number of amides is 1. The fourth-order valence-electron chi connectivity index (χ4n) is 2.02. The zero-order valence-corrected chi connectivity index (χ0v) is 17.2. The number of hydrogen-bond donors (Lipinski definition) is 2. The Morgan fingerprint density at radius 1 is 1.07 bits per heavy atom. The van der Waals surface area contributed by atoms with E-state index in [1.54, 1.807) is 18.2 Å². The molecule has 2 rings (SSSR count). The molecule has 0 unspecified atom stereocenters. The van der Waals surface area contributed by atoms with E-state index in [1.165, 1.54) is 24.3 Å². The van der Waals surface area contributed by atoms with E-state index in [-0.39, 0.29) is 17.4 Å². The molecule has 2 aromatic carbocycles. The van der Waals surface area contributed by atoms with E-state index in [4.69, 9.17) is 27.9 Å². The molecule has 146 valence electrons. The molecule has 1 amide bonds. The highest BCUT2D eigenvalue weighted by molar-refractivity contribution is 7.89. The topological polar surface area (TPSA) is 84.5 Å². The van der Waals surface area contributed by atoms with Crippen molar-refractivity contribution in [1.82, 2.24) is 4.72 Å². The minimum absolute atomic E-state index is 0.128. The molecule has 9 heteroatoms. The molecule has 27 heavy (non-hydrogen) atoms. The summed E-state index contributed by atoms with van der Waals surface area (Å²) in [7, 11) is -3.57. The molecule has 0 atom stereocenters. The highest BCUT2D eigenvalue weighted by atomic mass is 35.5. The molecule has 0 bridgehead atoms. The summed E-state index contributed by atoms with van der Waals surface area (Å²) in [5, 5.41) is 3.22. The quantitative estimate of drug-likeness (QED) is 0.663. The minimum Gasteiger partial charge on any atom is -0.484 e. The second-order valence-electron chi connectivity index (χ2n) is 6.15. The van der Waals surface area contributed by atoms with Gasteiger partial charge in [0.15, 0.2) is 6.61 Å². The number of rotatable bonds is 8. The van der Waals surface area contributed by atoms with Gasteiger partial charge in [0, 0.05) is 6.54 Å². The summed E-state index contributed by atoms with van der Waals surface area (Å²) in [5.74, 6) is 0.117. The van der Waals surface area contributed by atoms with Crippen molar-refractivity contribution in [3.8, 4) is 5.75 Å². The van der Waals surface area contributed by atoms with Gasteiger partial charge in [-0.25, -0.2) is 13.1 Å². The van der Waals surface area contributed by atoms with E-state index in [2.05, 4.69) is 10.0 Å². The van der Waals surface area contributed by atoms with E-state index in [0.717, 1.165) is 0 Å². The van der Waals surface area contributed by atoms with Crippen molar-refractivity contribution in [3.05, 3.63) is 52.5 Å². The van der Waals surface area contributed by atoms with Crippen molar-refractivity contribution in [2.45, 2.75) is 18.7 Å². The van der Waals surface area contributed by atoms with Crippen molar-refractivity contribution >= 4 is 44.8 Å². The van der Waals surface area contributed by atoms with Gasteiger partial charge in [-0.3, -0.25) is 4.79 Å². The summed E-state index contributed by atoms with van der Waals surface area (Å²) >= 11 is 12.0. The third-order valence-electron chi connectivity index (χ3n) is 3.41. The Balaban J connectivity index is 1.94. The first-order valence-electron chi connectivity index (χ1n) is 8.15. The lowest BCUT2D eigenvalue weighted by atomic mass is 10.2. The Morgan fingerprint density at radius 2 is 1.67 bits per heavy atom. The number of nitrogens with one attached hydrogen (secondary N) is 2. The molecule has 2 N–H and O–H groups in total. The molecular formula is C18H20Cl2N2O4S. The number of ether oxygens (including phenoxy) is 1. The zero-order valence-electron chi connectivity index (χ0n) is 14.8. The highest BCUT2D eigenvalue weighted by Gasteiger charge is 2.14. The molecule has 0 radical (unpaired) electrons. The van der Waals surface area contributed by atoms with Crippen LogP contribution < -0.4 is 14.8 Å². The van der Waals surface area contributed by atoms with E-state index >= 15 is 0 Å². The summed E-state index contributed by atoms with van der Waals surface area (Å²) in [4.78, 5) is 12.1. The molecule has 6 nitrogen and oxygen atoms in total. The van der Waals surface area contributed by atoms with Gasteiger partial charge in [-0.1, -0.05) is 43.1 Å². The van der Waals surface area contributed by atoms with Crippen LogP contribution in [-0.2, 0) is 14.8 Å². The number of anilines is 1. The number of carbonyl (C=O) groups is 1. The van der Waals surface area contributed by atoms with Gasteiger partial charge >= 0.3 is 0 Å². The molecular weight excluding hydrogens is 411 g/mol. The van der Waals surface area contributed by atoms with E-state index in [0.29, 0.717) is 28.0 Å². The van der Waals surface area contributed by atoms with E-state index in [1.807, 2.05) is 13.8 Å². The Hall–Kier alpha value is -1.80. The van der Waals surface area contributed by atoms with Gasteiger partial charge in [-0.05, 0) is 42.3 Å². The first-order valence-corrected chi connectivity index (χ1v) is 10.4. The van der Waals surface area contributed by atoms with Crippen molar-refractivity contribution in [3.63, 3.8) is 0 Å². The number of para-hydroxylation sites is 1. The van der Waals surface area contributed by atoms with Crippen LogP contribution in [0.25, 0.3) is 0 Å². The fourth-order valence-corrected chi connectivity index (χ4v) is 3.72. The van der Waals surface area contributed by atoms with Gasteiger partial charge in [0.2, 0.25) is 10.0 Å². The summed E-state index contributed by atoms with van der Waals surface area (Å²) in [6, 6.07) is 10.7. The first-order chi connectivity index (χ1) is 12.7. The molecule has 0 aliphatic heterocycles. The van der Waals surface area contributed by atoms with Gasteiger partial charge in [0.25, 0.3) is 5.91 Å². The van der Waals surface area contributed by atoms with E-state index < -0.39 is 15.9 Å². The average molecular weight is 431 g/mol. The van der Waals surface area contributed by atoms with Crippen LogP contribution in [0.3, 0.4) is 0 Å². The van der Waals surface area contributed by atoms with Crippen LogP contribution in [0, 0.1) is 5.92 Å². The van der Waals surface area contributed by atoms with Crippen LogP contribution in [0.15, 0.2) is 47.4 Å². The maximum Gasteiger partial charge on any atom is 0.262 e. The molecule has 0 heterocycles. The van der Waals surface area contributed by atoms with Gasteiger partial charge < -0.3 is 10.1 Å². The smallest absolute Gasteiger partial charge is 0.262 e. The maximum atomic E-state index is 12.1. The van der Waals surface area contributed by atoms with Crippen LogP contribution in [0.4, 0.5) is 5.69 Å². The van der Waals surface area contributed by atoms with Crippen molar-refractivity contribution in [2.24, 2.45) is 5.92 Å². The standard InChI is InChI=1S/C18H20Cl2N2O4S/c1-12(2)10-21-27(24,25)14-8-6-13(7-9-14)26-11-17(23)22-18-15(19)4-3-5-16(18)20/h3-9,12,21H,10-11H2,1-2H3,(H,22,23). The van der Waals surface area contributed by atoms with E-state index in [9.17, 15) is 13.2 Å². The number of halogens is 2. The Labute approximate surface area is 168 Å². The minimum atomic E-state index is -3.57. The maximum absolute atomic E-state index is 12.1. The lowest BCUT2D eigenvalue weighted by molar-refractivity contribution is -0.118. The average Bonchev–Trinajstić information content (AvgIpc) is 2.62. The van der Waals surface area contributed by atoms with Gasteiger partial charge in [0.05, 0.1) is 20.6 Å². The van der Waals surface area contributed by atoms with Crippen molar-refractivity contribution in [1.29, 1.82) is 0 Å². The first kappa shape index (κ1) is 21.5. The molecule has 0 aliphatic rings. The third-order valence-corrected chi connectivity index (χ3v) is 5.48. The molecule has 0 saturated heterocycles. The van der Waals surface area contributed by atoms with Crippen LogP contribution >= 0.6 is 23.2 Å². The van der Waals surface area contributed by atoms with Crippen molar-refractivity contribution < 1.29 is 17.9 Å². The SMILES string of the molecule is CC(C)CNS(=O)(=O)c1ccc(OCC(=O)Nc2c(Cl)cccc2Cl)cc1. The third kappa shape index (κ3) is 6.39. The van der Waals surface area contributed by atoms with Gasteiger partial charge in [-0.15, -0.1) is 0 Å². The number of benzene rings is 2. The number of hydrogen-bond acceptors (Lipinski definition) is 4. The Morgan fingerprint density at radius 3 is 2.22 bits per heavy atom. The molecule has 0 fully saturated rings. The van der Waals surface area contributed by atoms with Crippen molar-refractivity contribution in [2.75, 3.05) is 18.5 Å². The monoisotopic (exact) mass is 430 g/mol. The molecule has 0 aromatic heterocycles. The summed E-state index contributed by atoms with van der Waals surface area (Å²) in [6.07, 6.45) is 0. The van der Waals surface area contributed by atoms with Gasteiger partial charge in [0.1, 0.15) is 5.75 Å². The molecule has 0 aliphatic carbocycles. The molecule has 2 aromatic rings. The number of carbonyl (C=O) groups excluding carboxylic acids is 1. The second kappa shape index (κ2) is 9.41. The van der Waals surface area contributed by atoms with Gasteiger partial charge in [-0.2, -0.15) is 0 Å². The van der Waals surface area contributed by atoms with Crippen LogP contribution in [-0.4, -0.2) is 27.5 Å². The normalized spacial score (nSPS) is 11.4. The van der Waals surface area contributed by atoms with Crippen LogP contribution in [0.2, 0.25) is 10.0 Å². The number of sulfonamides is 1. The second-order valence-corrected chi connectivity index (χ2v) is 8.73. The zero-order chi connectivity index (χ0) is 20.0.